The molecule has 0 bridgehead atoms. The van der Waals surface area contributed by atoms with Crippen LogP contribution in [0.25, 0.3) is 22.6 Å². The van der Waals surface area contributed by atoms with Crippen molar-refractivity contribution in [2.75, 3.05) is 7.11 Å². The minimum atomic E-state index is -1.22. The third-order valence-corrected chi connectivity index (χ3v) is 5.42. The van der Waals surface area contributed by atoms with E-state index in [4.69, 9.17) is 9.84 Å². The van der Waals surface area contributed by atoms with Gasteiger partial charge in [0.05, 0.1) is 36.8 Å². The summed E-state index contributed by atoms with van der Waals surface area (Å²) in [5, 5.41) is 14.2. The highest BCUT2D eigenvalue weighted by Gasteiger charge is 2.34. The number of benzene rings is 1. The number of hydrogen-bond acceptors (Lipinski definition) is 4. The van der Waals surface area contributed by atoms with Crippen LogP contribution in [-0.4, -0.2) is 32.5 Å². The van der Waals surface area contributed by atoms with Gasteiger partial charge in [-0.3, -0.25) is 9.48 Å². The topological polar surface area (TPSA) is 86.3 Å². The molecule has 0 unspecified atom stereocenters. The zero-order valence-corrected chi connectivity index (χ0v) is 16.8. The molecule has 29 heavy (non-hydrogen) atoms. The molecular formula is C22H23N3O4. The van der Waals surface area contributed by atoms with Crippen LogP contribution in [0.4, 0.5) is 0 Å². The maximum atomic E-state index is 12.4. The molecule has 150 valence electrons. The van der Waals surface area contributed by atoms with Crippen LogP contribution in [-0.2, 0) is 6.54 Å². The van der Waals surface area contributed by atoms with Crippen molar-refractivity contribution in [2.24, 2.45) is 5.41 Å². The van der Waals surface area contributed by atoms with Crippen molar-refractivity contribution < 1.29 is 14.6 Å². The van der Waals surface area contributed by atoms with E-state index >= 15 is 0 Å². The molecule has 0 saturated heterocycles. The van der Waals surface area contributed by atoms with Crippen LogP contribution in [0.2, 0.25) is 0 Å². The normalized spacial score (nSPS) is 15.5. The summed E-state index contributed by atoms with van der Waals surface area (Å²) in [6, 6.07) is 10.9. The highest BCUT2D eigenvalue weighted by Crippen LogP contribution is 2.41. The summed E-state index contributed by atoms with van der Waals surface area (Å²) >= 11 is 0. The smallest absolute Gasteiger partial charge is 0.341 e. The van der Waals surface area contributed by atoms with Gasteiger partial charge in [0.25, 0.3) is 0 Å². The summed E-state index contributed by atoms with van der Waals surface area (Å²) in [6.45, 7) is 6.85. The quantitative estimate of drug-likeness (QED) is 0.733. The number of pyridine rings is 1. The van der Waals surface area contributed by atoms with Gasteiger partial charge in [0.15, 0.2) is 5.43 Å². The molecule has 0 amide bonds. The summed E-state index contributed by atoms with van der Waals surface area (Å²) in [4.78, 5) is 24.0. The fourth-order valence-corrected chi connectivity index (χ4v) is 3.87. The monoisotopic (exact) mass is 393 g/mol. The van der Waals surface area contributed by atoms with Crippen LogP contribution in [0, 0.1) is 5.41 Å². The van der Waals surface area contributed by atoms with Crippen molar-refractivity contribution in [3.05, 3.63) is 58.4 Å². The van der Waals surface area contributed by atoms with Crippen LogP contribution < -0.4 is 10.2 Å². The number of carboxylic acids is 1. The molecule has 1 atom stereocenters. The molecular weight excluding hydrogens is 370 g/mol. The number of methoxy groups -OCH3 is 1. The Balaban J connectivity index is 1.95. The molecule has 0 aliphatic carbocycles. The number of para-hydroxylation sites is 1. The van der Waals surface area contributed by atoms with Crippen LogP contribution >= 0.6 is 0 Å². The first kappa shape index (κ1) is 19.0. The standard InChI is InChI=1S/C22H23N3O4/c1-22(2,3)20-12-25-17(16-10-18(26)14(21(27)28)11-24(16)20)9-15(23-25)13-7-5-6-8-19(13)29-4/h5-11,20H,12H2,1-4H3,(H,27,28)/t20-/m0/s1. The number of ether oxygens (including phenoxy) is 1. The second kappa shape index (κ2) is 6.62. The molecule has 7 heteroatoms. The molecule has 3 heterocycles. The van der Waals surface area contributed by atoms with Gasteiger partial charge < -0.3 is 14.4 Å². The van der Waals surface area contributed by atoms with Crippen LogP contribution in [0.5, 0.6) is 5.75 Å². The molecule has 1 aliphatic rings. The maximum Gasteiger partial charge on any atom is 0.341 e. The lowest BCUT2D eigenvalue weighted by Gasteiger charge is -2.38. The predicted molar refractivity (Wildman–Crippen MR) is 109 cm³/mol. The Morgan fingerprint density at radius 1 is 1.21 bits per heavy atom. The average Bonchev–Trinajstić information content (AvgIpc) is 3.10. The van der Waals surface area contributed by atoms with E-state index in [-0.39, 0.29) is 17.0 Å². The number of hydrogen-bond donors (Lipinski definition) is 1. The van der Waals surface area contributed by atoms with Crippen LogP contribution in [0.15, 0.2) is 47.4 Å². The molecule has 1 aliphatic heterocycles. The Kier molecular flexibility index (Phi) is 4.33. The summed E-state index contributed by atoms with van der Waals surface area (Å²) in [7, 11) is 1.62. The molecule has 1 aromatic carbocycles. The summed E-state index contributed by atoms with van der Waals surface area (Å²) < 4.78 is 9.27. The molecule has 0 saturated carbocycles. The van der Waals surface area contributed by atoms with E-state index in [0.717, 1.165) is 17.0 Å². The van der Waals surface area contributed by atoms with Crippen molar-refractivity contribution in [1.29, 1.82) is 0 Å². The number of rotatable bonds is 3. The Hall–Kier alpha value is -3.35. The SMILES string of the molecule is COc1ccccc1-c1cc2n(n1)C[C@@H](C(C)(C)C)n1cc(C(=O)O)c(=O)cc1-2. The first-order valence-corrected chi connectivity index (χ1v) is 9.42. The highest BCUT2D eigenvalue weighted by atomic mass is 16.5. The van der Waals surface area contributed by atoms with Crippen molar-refractivity contribution in [3.8, 4) is 28.4 Å². The van der Waals surface area contributed by atoms with Gasteiger partial charge in [-0.15, -0.1) is 0 Å². The van der Waals surface area contributed by atoms with E-state index in [1.165, 1.54) is 12.3 Å². The van der Waals surface area contributed by atoms with E-state index in [9.17, 15) is 14.7 Å². The second-order valence-corrected chi connectivity index (χ2v) is 8.33. The average molecular weight is 393 g/mol. The number of carboxylic acid groups (broad SMARTS) is 1. The zero-order chi connectivity index (χ0) is 20.9. The van der Waals surface area contributed by atoms with Gasteiger partial charge in [0.2, 0.25) is 0 Å². The van der Waals surface area contributed by atoms with Gasteiger partial charge in [-0.25, -0.2) is 4.79 Å². The molecule has 1 N–H and O–H groups in total. The number of aromatic carboxylic acids is 1. The van der Waals surface area contributed by atoms with E-state index < -0.39 is 11.4 Å². The summed E-state index contributed by atoms with van der Waals surface area (Å²) in [6.07, 6.45) is 1.47. The van der Waals surface area contributed by atoms with Crippen LogP contribution in [0.1, 0.15) is 37.2 Å². The predicted octanol–water partition coefficient (Wildman–Crippen LogP) is 3.69. The van der Waals surface area contributed by atoms with E-state index in [2.05, 4.69) is 20.8 Å². The Morgan fingerprint density at radius 3 is 2.59 bits per heavy atom. The van der Waals surface area contributed by atoms with Crippen LogP contribution in [0.3, 0.4) is 0 Å². The van der Waals surface area contributed by atoms with Gasteiger partial charge in [-0.05, 0) is 23.6 Å². The van der Waals surface area contributed by atoms with Gasteiger partial charge in [-0.1, -0.05) is 32.9 Å². The molecule has 0 radical (unpaired) electrons. The van der Waals surface area contributed by atoms with Gasteiger partial charge >= 0.3 is 5.97 Å². The van der Waals surface area contributed by atoms with Crippen molar-refractivity contribution in [2.45, 2.75) is 33.4 Å². The third kappa shape index (κ3) is 3.12. The first-order valence-electron chi connectivity index (χ1n) is 9.42. The number of nitrogens with zero attached hydrogens (tertiary/aromatic N) is 3. The highest BCUT2D eigenvalue weighted by molar-refractivity contribution is 5.87. The number of aromatic nitrogens is 3. The first-order chi connectivity index (χ1) is 13.7. The van der Waals surface area contributed by atoms with Crippen molar-refractivity contribution in [3.63, 3.8) is 0 Å². The second-order valence-electron chi connectivity index (χ2n) is 8.33. The lowest BCUT2D eigenvalue weighted by Crippen LogP contribution is -2.35. The van der Waals surface area contributed by atoms with E-state index in [1.807, 2.05) is 39.6 Å². The van der Waals surface area contributed by atoms with E-state index in [0.29, 0.717) is 18.0 Å². The maximum absolute atomic E-state index is 12.4. The fraction of sp³-hybridized carbons (Fsp3) is 0.318. The lowest BCUT2D eigenvalue weighted by molar-refractivity contribution is 0.0693. The Bertz CT molecular complexity index is 1170. The van der Waals surface area contributed by atoms with Gasteiger partial charge in [0.1, 0.15) is 11.3 Å². The minimum absolute atomic E-state index is 0.0610. The van der Waals surface area contributed by atoms with Gasteiger partial charge in [-0.2, -0.15) is 5.10 Å². The summed E-state index contributed by atoms with van der Waals surface area (Å²) in [5.41, 5.74) is 2.15. The summed E-state index contributed by atoms with van der Waals surface area (Å²) in [5.74, 6) is -0.499. The lowest BCUT2D eigenvalue weighted by atomic mass is 9.85. The Morgan fingerprint density at radius 2 is 1.93 bits per heavy atom. The van der Waals surface area contributed by atoms with Gasteiger partial charge in [0, 0.05) is 17.8 Å². The molecule has 0 fully saturated rings. The Labute approximate surface area is 168 Å². The molecule has 0 spiro atoms. The molecule has 4 rings (SSSR count). The molecule has 2 aromatic heterocycles. The number of fused-ring (bicyclic) bond motifs is 3. The third-order valence-electron chi connectivity index (χ3n) is 5.42. The number of carbonyl (C=O) groups is 1. The zero-order valence-electron chi connectivity index (χ0n) is 16.8. The minimum Gasteiger partial charge on any atom is -0.496 e. The fourth-order valence-electron chi connectivity index (χ4n) is 3.87. The van der Waals surface area contributed by atoms with E-state index in [1.54, 1.807) is 7.11 Å². The molecule has 3 aromatic rings. The largest absolute Gasteiger partial charge is 0.496 e. The molecule has 7 nitrogen and oxygen atoms in total. The van der Waals surface area contributed by atoms with Crippen molar-refractivity contribution >= 4 is 5.97 Å². The van der Waals surface area contributed by atoms with Crippen molar-refractivity contribution in [1.82, 2.24) is 14.3 Å².